The summed E-state index contributed by atoms with van der Waals surface area (Å²) in [6.45, 7) is 0. The molecule has 0 aliphatic carbocycles. The number of hydrogen-bond acceptors (Lipinski definition) is 4. The van der Waals surface area contributed by atoms with Crippen molar-refractivity contribution in [1.82, 2.24) is 0 Å². The van der Waals surface area contributed by atoms with Gasteiger partial charge < -0.3 is 9.84 Å². The monoisotopic (exact) mass is 295 g/mol. The van der Waals surface area contributed by atoms with E-state index in [0.717, 1.165) is 24.3 Å². The minimum Gasteiger partial charge on any atom is -0.478 e. The van der Waals surface area contributed by atoms with Crippen molar-refractivity contribution in [2.75, 3.05) is 0 Å². The zero-order valence-corrected chi connectivity index (χ0v) is 10.2. The molecule has 6 nitrogen and oxygen atoms in total. The van der Waals surface area contributed by atoms with Crippen molar-refractivity contribution < 1.29 is 28.3 Å². The lowest BCUT2D eigenvalue weighted by Crippen LogP contribution is -2.02. The van der Waals surface area contributed by atoms with Crippen molar-refractivity contribution in [3.63, 3.8) is 0 Å². The Morgan fingerprint density at radius 1 is 1.19 bits per heavy atom. The van der Waals surface area contributed by atoms with E-state index in [1.54, 1.807) is 0 Å². The van der Waals surface area contributed by atoms with Crippen LogP contribution >= 0.6 is 0 Å². The molecule has 0 aromatic heterocycles. The number of carboxylic acid groups (broad SMARTS) is 1. The standard InChI is InChI=1S/C13H7F2NO5/c14-7-4-5-10(8(6-7)13(17)18)21-11-3-1-2-9(15)12(11)16(19)20/h1-6H,(H,17,18). The minimum absolute atomic E-state index is 0.336. The van der Waals surface area contributed by atoms with Crippen LogP contribution in [0.2, 0.25) is 0 Å². The fraction of sp³-hybridized carbons (Fsp3) is 0. The Morgan fingerprint density at radius 3 is 2.52 bits per heavy atom. The van der Waals surface area contributed by atoms with Crippen LogP contribution in [0.5, 0.6) is 11.5 Å². The summed E-state index contributed by atoms with van der Waals surface area (Å²) in [6.07, 6.45) is 0. The molecule has 108 valence electrons. The Hall–Kier alpha value is -3.03. The van der Waals surface area contributed by atoms with Crippen LogP contribution in [0.1, 0.15) is 10.4 Å². The maximum Gasteiger partial charge on any atom is 0.346 e. The predicted octanol–water partition coefficient (Wildman–Crippen LogP) is 3.36. The number of hydrogen-bond donors (Lipinski definition) is 1. The fourth-order valence-electron chi connectivity index (χ4n) is 1.63. The summed E-state index contributed by atoms with van der Waals surface area (Å²) in [5, 5.41) is 19.8. The Bertz CT molecular complexity index is 732. The van der Waals surface area contributed by atoms with Gasteiger partial charge in [-0.15, -0.1) is 0 Å². The van der Waals surface area contributed by atoms with E-state index in [2.05, 4.69) is 0 Å². The highest BCUT2D eigenvalue weighted by molar-refractivity contribution is 5.91. The number of aromatic carboxylic acids is 1. The third-order valence-corrected chi connectivity index (χ3v) is 2.52. The van der Waals surface area contributed by atoms with Crippen LogP contribution in [0.25, 0.3) is 0 Å². The Kier molecular flexibility index (Phi) is 3.79. The molecule has 0 unspecified atom stereocenters. The number of nitro benzene ring substituents is 1. The zero-order valence-electron chi connectivity index (χ0n) is 10.2. The number of ether oxygens (including phenoxy) is 1. The molecule has 0 radical (unpaired) electrons. The van der Waals surface area contributed by atoms with Gasteiger partial charge in [-0.25, -0.2) is 9.18 Å². The molecule has 0 fully saturated rings. The Labute approximate surface area is 116 Å². The smallest absolute Gasteiger partial charge is 0.346 e. The molecule has 0 saturated heterocycles. The SMILES string of the molecule is O=C(O)c1cc(F)ccc1Oc1cccc(F)c1[N+](=O)[O-]. The molecule has 2 aromatic carbocycles. The number of para-hydroxylation sites is 1. The molecule has 21 heavy (non-hydrogen) atoms. The lowest BCUT2D eigenvalue weighted by atomic mass is 10.2. The van der Waals surface area contributed by atoms with E-state index in [9.17, 15) is 23.7 Å². The van der Waals surface area contributed by atoms with Gasteiger partial charge in [0.15, 0.2) is 0 Å². The molecule has 2 rings (SSSR count). The molecule has 0 aliphatic heterocycles. The van der Waals surface area contributed by atoms with E-state index in [1.807, 2.05) is 0 Å². The number of nitrogens with zero attached hydrogens (tertiary/aromatic N) is 1. The van der Waals surface area contributed by atoms with Crippen molar-refractivity contribution in [3.05, 3.63) is 63.7 Å². The average molecular weight is 295 g/mol. The largest absolute Gasteiger partial charge is 0.478 e. The summed E-state index contributed by atoms with van der Waals surface area (Å²) in [6, 6.07) is 5.76. The van der Waals surface area contributed by atoms with Gasteiger partial charge in [-0.1, -0.05) is 6.07 Å². The maximum atomic E-state index is 13.4. The van der Waals surface area contributed by atoms with Crippen LogP contribution in [0.15, 0.2) is 36.4 Å². The zero-order chi connectivity index (χ0) is 15.6. The summed E-state index contributed by atoms with van der Waals surface area (Å²) in [7, 11) is 0. The molecule has 2 aromatic rings. The topological polar surface area (TPSA) is 89.7 Å². The molecule has 0 saturated carbocycles. The fourth-order valence-corrected chi connectivity index (χ4v) is 1.63. The van der Waals surface area contributed by atoms with Crippen LogP contribution < -0.4 is 4.74 Å². The molecule has 0 aliphatic rings. The normalized spacial score (nSPS) is 10.2. The summed E-state index contributed by atoms with van der Waals surface area (Å²) in [4.78, 5) is 20.8. The average Bonchev–Trinajstić information content (AvgIpc) is 2.40. The van der Waals surface area contributed by atoms with E-state index in [1.165, 1.54) is 6.07 Å². The first kappa shape index (κ1) is 14.4. The molecule has 0 spiro atoms. The van der Waals surface area contributed by atoms with Gasteiger partial charge in [-0.3, -0.25) is 10.1 Å². The number of carbonyl (C=O) groups is 1. The van der Waals surface area contributed by atoms with Gasteiger partial charge >= 0.3 is 11.7 Å². The van der Waals surface area contributed by atoms with Crippen molar-refractivity contribution in [2.45, 2.75) is 0 Å². The van der Waals surface area contributed by atoms with E-state index >= 15 is 0 Å². The van der Waals surface area contributed by atoms with E-state index < -0.39 is 39.5 Å². The molecule has 8 heteroatoms. The van der Waals surface area contributed by atoms with Gasteiger partial charge in [-0.2, -0.15) is 4.39 Å². The maximum absolute atomic E-state index is 13.4. The second-order valence-corrected chi connectivity index (χ2v) is 3.89. The number of rotatable bonds is 4. The van der Waals surface area contributed by atoms with Gasteiger partial charge in [0.1, 0.15) is 17.1 Å². The third kappa shape index (κ3) is 2.94. The lowest BCUT2D eigenvalue weighted by Gasteiger charge is -2.09. The number of benzene rings is 2. The van der Waals surface area contributed by atoms with Crippen LogP contribution in [0, 0.1) is 21.7 Å². The molecule has 0 bridgehead atoms. The minimum atomic E-state index is -1.48. The molecule has 0 atom stereocenters. The summed E-state index contributed by atoms with van der Waals surface area (Å²) < 4.78 is 31.5. The highest BCUT2D eigenvalue weighted by Gasteiger charge is 2.23. The van der Waals surface area contributed by atoms with E-state index in [-0.39, 0.29) is 5.75 Å². The lowest BCUT2D eigenvalue weighted by molar-refractivity contribution is -0.388. The van der Waals surface area contributed by atoms with Crippen LogP contribution in [0.4, 0.5) is 14.5 Å². The van der Waals surface area contributed by atoms with Gasteiger partial charge in [0.2, 0.25) is 11.6 Å². The van der Waals surface area contributed by atoms with Crippen molar-refractivity contribution >= 4 is 11.7 Å². The molecule has 0 heterocycles. The first-order chi connectivity index (χ1) is 9.90. The first-order valence-electron chi connectivity index (χ1n) is 5.53. The second-order valence-electron chi connectivity index (χ2n) is 3.89. The van der Waals surface area contributed by atoms with Gasteiger partial charge in [0, 0.05) is 0 Å². The molecular formula is C13H7F2NO5. The highest BCUT2D eigenvalue weighted by atomic mass is 19.1. The highest BCUT2D eigenvalue weighted by Crippen LogP contribution is 2.34. The van der Waals surface area contributed by atoms with Crippen LogP contribution in [-0.2, 0) is 0 Å². The number of carboxylic acids is 1. The van der Waals surface area contributed by atoms with Gasteiger partial charge in [0.05, 0.1) is 4.92 Å². The van der Waals surface area contributed by atoms with Crippen molar-refractivity contribution in [2.24, 2.45) is 0 Å². The Morgan fingerprint density at radius 2 is 1.90 bits per heavy atom. The van der Waals surface area contributed by atoms with E-state index in [0.29, 0.717) is 6.07 Å². The predicted molar refractivity (Wildman–Crippen MR) is 66.5 cm³/mol. The number of halogens is 2. The quantitative estimate of drug-likeness (QED) is 0.690. The molecule has 1 N–H and O–H groups in total. The third-order valence-electron chi connectivity index (χ3n) is 2.52. The van der Waals surface area contributed by atoms with Gasteiger partial charge in [0.25, 0.3) is 0 Å². The summed E-state index contributed by atoms with van der Waals surface area (Å²) in [5.41, 5.74) is -1.47. The van der Waals surface area contributed by atoms with Crippen LogP contribution in [0.3, 0.4) is 0 Å². The van der Waals surface area contributed by atoms with Crippen molar-refractivity contribution in [1.29, 1.82) is 0 Å². The van der Waals surface area contributed by atoms with Gasteiger partial charge in [-0.05, 0) is 30.3 Å². The second kappa shape index (κ2) is 5.53. The summed E-state index contributed by atoms with van der Waals surface area (Å²) >= 11 is 0. The number of nitro groups is 1. The van der Waals surface area contributed by atoms with Crippen molar-refractivity contribution in [3.8, 4) is 11.5 Å². The van der Waals surface area contributed by atoms with E-state index in [4.69, 9.17) is 9.84 Å². The summed E-state index contributed by atoms with van der Waals surface area (Å²) in [5.74, 6) is -4.24. The van der Waals surface area contributed by atoms with Crippen LogP contribution in [-0.4, -0.2) is 16.0 Å². The molecular weight excluding hydrogens is 288 g/mol. The molecule has 0 amide bonds. The first-order valence-corrected chi connectivity index (χ1v) is 5.53. The Balaban J connectivity index is 2.51.